The highest BCUT2D eigenvalue weighted by molar-refractivity contribution is 5.74. The minimum Gasteiger partial charge on any atom is -0.493 e. The van der Waals surface area contributed by atoms with Gasteiger partial charge in [0.15, 0.2) is 11.5 Å². The van der Waals surface area contributed by atoms with Crippen LogP contribution in [0, 0.1) is 0 Å². The number of hydrogen-bond donors (Lipinski definition) is 2. The Labute approximate surface area is 130 Å². The highest BCUT2D eigenvalue weighted by atomic mass is 16.5. The lowest BCUT2D eigenvalue weighted by atomic mass is 10.1. The summed E-state index contributed by atoms with van der Waals surface area (Å²) in [6.07, 6.45) is 0.839. The first kappa shape index (κ1) is 17.5. The largest absolute Gasteiger partial charge is 0.493 e. The molecule has 0 aliphatic rings. The lowest BCUT2D eigenvalue weighted by Crippen LogP contribution is -2.00. The highest BCUT2D eigenvalue weighted by Gasteiger charge is 2.04. The first-order valence-electron chi connectivity index (χ1n) is 6.71. The molecule has 0 saturated carbocycles. The number of carbonyl (C=O) groups excluding carboxylic acids is 1. The third kappa shape index (κ3) is 4.79. The van der Waals surface area contributed by atoms with Gasteiger partial charge in [-0.2, -0.15) is 0 Å². The Hall–Kier alpha value is -2.53. The molecule has 0 fully saturated rings. The molecule has 2 aromatic carbocycles. The van der Waals surface area contributed by atoms with Crippen molar-refractivity contribution in [3.8, 4) is 11.5 Å². The summed E-state index contributed by atoms with van der Waals surface area (Å²) in [4.78, 5) is 10.6. The van der Waals surface area contributed by atoms with Crippen molar-refractivity contribution in [3.05, 3.63) is 53.6 Å². The molecule has 22 heavy (non-hydrogen) atoms. The topological polar surface area (TPSA) is 67.8 Å². The van der Waals surface area contributed by atoms with E-state index in [1.807, 2.05) is 30.3 Å². The number of aliphatic hydroxyl groups is 1. The van der Waals surface area contributed by atoms with Crippen LogP contribution >= 0.6 is 0 Å². The zero-order valence-electron chi connectivity index (χ0n) is 13.0. The number of hydrogen-bond acceptors (Lipinski definition) is 5. The molecule has 2 aromatic rings. The minimum atomic E-state index is 0.675. The summed E-state index contributed by atoms with van der Waals surface area (Å²) in [6.45, 7) is 0.675. The number of anilines is 1. The Bertz CT molecular complexity index is 582. The van der Waals surface area contributed by atoms with Crippen LogP contribution in [0.4, 0.5) is 5.69 Å². The van der Waals surface area contributed by atoms with E-state index in [9.17, 15) is 4.79 Å². The highest BCUT2D eigenvalue weighted by Crippen LogP contribution is 2.29. The lowest BCUT2D eigenvalue weighted by Gasteiger charge is -2.11. The van der Waals surface area contributed by atoms with Crippen LogP contribution in [0.5, 0.6) is 11.5 Å². The number of aliphatic hydroxyl groups excluding tert-OH is 1. The maximum atomic E-state index is 10.6. The zero-order valence-corrected chi connectivity index (χ0v) is 13.0. The third-order valence-corrected chi connectivity index (χ3v) is 3.00. The summed E-state index contributed by atoms with van der Waals surface area (Å²) in [5.74, 6) is 1.39. The van der Waals surface area contributed by atoms with Crippen molar-refractivity contribution in [1.82, 2.24) is 0 Å². The fraction of sp³-hybridized carbons (Fsp3) is 0.235. The second kappa shape index (κ2) is 9.41. The molecule has 0 aromatic heterocycles. The van der Waals surface area contributed by atoms with Crippen LogP contribution in [0.2, 0.25) is 0 Å². The summed E-state index contributed by atoms with van der Waals surface area (Å²) in [5, 5.41) is 10.3. The van der Waals surface area contributed by atoms with Crippen molar-refractivity contribution >= 4 is 12.0 Å². The van der Waals surface area contributed by atoms with Gasteiger partial charge >= 0.3 is 0 Å². The zero-order chi connectivity index (χ0) is 16.4. The second-order valence-corrected chi connectivity index (χ2v) is 4.28. The van der Waals surface area contributed by atoms with Gasteiger partial charge in [0.05, 0.1) is 14.2 Å². The Morgan fingerprint density at radius 2 is 1.64 bits per heavy atom. The van der Waals surface area contributed by atoms with Gasteiger partial charge in [-0.3, -0.25) is 4.79 Å². The molecule has 0 atom stereocenters. The molecular formula is C17H21NO4. The van der Waals surface area contributed by atoms with E-state index in [-0.39, 0.29) is 0 Å². The number of rotatable bonds is 6. The molecule has 0 unspecified atom stereocenters. The molecule has 0 aliphatic carbocycles. The second-order valence-electron chi connectivity index (χ2n) is 4.28. The van der Waals surface area contributed by atoms with Crippen LogP contribution in [0.25, 0.3) is 0 Å². The smallest absolute Gasteiger partial charge is 0.162 e. The average molecular weight is 303 g/mol. The molecule has 118 valence electrons. The van der Waals surface area contributed by atoms with Crippen LogP contribution in [0.3, 0.4) is 0 Å². The van der Waals surface area contributed by atoms with Crippen molar-refractivity contribution in [1.29, 1.82) is 0 Å². The van der Waals surface area contributed by atoms with Gasteiger partial charge in [0.25, 0.3) is 0 Å². The summed E-state index contributed by atoms with van der Waals surface area (Å²) >= 11 is 0. The molecular weight excluding hydrogens is 282 g/mol. The number of aldehydes is 1. The van der Waals surface area contributed by atoms with Gasteiger partial charge < -0.3 is 19.9 Å². The molecule has 0 bridgehead atoms. The molecule has 0 radical (unpaired) electrons. The van der Waals surface area contributed by atoms with E-state index in [4.69, 9.17) is 14.6 Å². The summed E-state index contributed by atoms with van der Waals surface area (Å²) in [5.41, 5.74) is 2.73. The van der Waals surface area contributed by atoms with E-state index in [0.29, 0.717) is 23.6 Å². The molecule has 0 spiro atoms. The number of carbonyl (C=O) groups is 1. The van der Waals surface area contributed by atoms with E-state index in [2.05, 4.69) is 5.32 Å². The normalized spacial score (nSPS) is 9.27. The van der Waals surface area contributed by atoms with Crippen molar-refractivity contribution in [2.75, 3.05) is 26.6 Å². The van der Waals surface area contributed by atoms with Crippen LogP contribution in [0.1, 0.15) is 15.9 Å². The number of methoxy groups -OCH3 is 2. The fourth-order valence-electron chi connectivity index (χ4n) is 1.86. The van der Waals surface area contributed by atoms with Gasteiger partial charge in [-0.1, -0.05) is 24.3 Å². The third-order valence-electron chi connectivity index (χ3n) is 3.00. The van der Waals surface area contributed by atoms with Crippen LogP contribution in [0.15, 0.2) is 42.5 Å². The van der Waals surface area contributed by atoms with Gasteiger partial charge in [0.2, 0.25) is 0 Å². The number of benzene rings is 2. The van der Waals surface area contributed by atoms with Gasteiger partial charge in [0.1, 0.15) is 6.29 Å². The Kier molecular flexibility index (Phi) is 7.50. The number of ether oxygens (including phenoxy) is 2. The van der Waals surface area contributed by atoms with E-state index < -0.39 is 0 Å². The maximum absolute atomic E-state index is 10.6. The monoisotopic (exact) mass is 303 g/mol. The van der Waals surface area contributed by atoms with Crippen molar-refractivity contribution in [3.63, 3.8) is 0 Å². The van der Waals surface area contributed by atoms with Crippen molar-refractivity contribution in [2.45, 2.75) is 6.54 Å². The van der Waals surface area contributed by atoms with E-state index >= 15 is 0 Å². The Balaban J connectivity index is 0.00000116. The molecule has 5 heteroatoms. The first-order valence-corrected chi connectivity index (χ1v) is 6.71. The number of nitrogens with one attached hydrogen (secondary N) is 1. The molecule has 2 rings (SSSR count). The summed E-state index contributed by atoms with van der Waals surface area (Å²) in [6, 6.07) is 13.1. The predicted molar refractivity (Wildman–Crippen MR) is 86.8 cm³/mol. The minimum absolute atomic E-state index is 0.675. The summed E-state index contributed by atoms with van der Waals surface area (Å²) in [7, 11) is 4.22. The fourth-order valence-corrected chi connectivity index (χ4v) is 1.86. The van der Waals surface area contributed by atoms with Gasteiger partial charge in [-0.15, -0.1) is 0 Å². The van der Waals surface area contributed by atoms with Gasteiger partial charge in [0, 0.05) is 31.0 Å². The lowest BCUT2D eigenvalue weighted by molar-refractivity contribution is 0.112. The molecule has 0 heterocycles. The Morgan fingerprint density at radius 3 is 2.18 bits per heavy atom. The molecule has 0 aliphatic heterocycles. The van der Waals surface area contributed by atoms with E-state index in [0.717, 1.165) is 24.6 Å². The van der Waals surface area contributed by atoms with Gasteiger partial charge in [-0.25, -0.2) is 0 Å². The predicted octanol–water partition coefficient (Wildman–Crippen LogP) is 2.74. The van der Waals surface area contributed by atoms with Crippen molar-refractivity contribution in [2.24, 2.45) is 0 Å². The SMILES string of the molecule is CO.COc1ccc(NCc2ccc(C=O)cc2)cc1OC. The van der Waals surface area contributed by atoms with Crippen LogP contribution < -0.4 is 14.8 Å². The first-order chi connectivity index (χ1) is 10.8. The van der Waals surface area contributed by atoms with Crippen LogP contribution in [-0.2, 0) is 6.54 Å². The Morgan fingerprint density at radius 1 is 1.00 bits per heavy atom. The average Bonchev–Trinajstić information content (AvgIpc) is 2.61. The van der Waals surface area contributed by atoms with Gasteiger partial charge in [-0.05, 0) is 17.7 Å². The molecule has 0 saturated heterocycles. The molecule has 0 amide bonds. The van der Waals surface area contributed by atoms with Crippen molar-refractivity contribution < 1.29 is 19.4 Å². The van der Waals surface area contributed by atoms with E-state index in [1.54, 1.807) is 26.4 Å². The summed E-state index contributed by atoms with van der Waals surface area (Å²) < 4.78 is 10.4. The maximum Gasteiger partial charge on any atom is 0.162 e. The van der Waals surface area contributed by atoms with Crippen LogP contribution in [-0.4, -0.2) is 32.7 Å². The molecule has 5 nitrogen and oxygen atoms in total. The standard InChI is InChI=1S/C16H17NO3.CH4O/c1-19-15-8-7-14(9-16(15)20-2)17-10-12-3-5-13(11-18)6-4-12;1-2/h3-9,11,17H,10H2,1-2H3;2H,1H3. The molecule has 2 N–H and O–H groups in total. The van der Waals surface area contributed by atoms with E-state index in [1.165, 1.54) is 0 Å². The quantitative estimate of drug-likeness (QED) is 0.803.